The monoisotopic (exact) mass is 253 g/mol. The van der Waals surface area contributed by atoms with Crippen molar-refractivity contribution in [3.63, 3.8) is 0 Å². The topological polar surface area (TPSA) is 12.0 Å². The first-order valence-electron chi connectivity index (χ1n) is 8.64. The number of nitrogens with one attached hydrogen (secondary N) is 1. The molecule has 1 saturated carbocycles. The van der Waals surface area contributed by atoms with E-state index in [4.69, 9.17) is 0 Å². The third-order valence-electron chi connectivity index (χ3n) is 4.36. The van der Waals surface area contributed by atoms with Crippen LogP contribution in [0, 0.1) is 5.92 Å². The molecule has 0 aromatic heterocycles. The summed E-state index contributed by atoms with van der Waals surface area (Å²) in [4.78, 5) is 0. The van der Waals surface area contributed by atoms with Gasteiger partial charge in [-0.3, -0.25) is 0 Å². The second kappa shape index (κ2) is 12.0. The molecule has 1 heteroatoms. The van der Waals surface area contributed by atoms with E-state index in [1.54, 1.807) is 0 Å². The molecule has 0 heterocycles. The lowest BCUT2D eigenvalue weighted by Gasteiger charge is -2.25. The summed E-state index contributed by atoms with van der Waals surface area (Å²) in [5, 5.41) is 3.61. The highest BCUT2D eigenvalue weighted by Crippen LogP contribution is 2.25. The highest BCUT2D eigenvalue weighted by atomic mass is 14.9. The molecular weight excluding hydrogens is 218 g/mol. The van der Waals surface area contributed by atoms with Crippen molar-refractivity contribution in [2.75, 3.05) is 13.1 Å². The van der Waals surface area contributed by atoms with Gasteiger partial charge in [-0.05, 0) is 38.3 Å². The zero-order valence-electron chi connectivity index (χ0n) is 12.7. The maximum absolute atomic E-state index is 3.61. The van der Waals surface area contributed by atoms with Crippen molar-refractivity contribution < 1.29 is 0 Å². The fourth-order valence-electron chi connectivity index (χ4n) is 2.74. The molecule has 0 atom stereocenters. The van der Waals surface area contributed by atoms with Crippen molar-refractivity contribution in [3.05, 3.63) is 0 Å². The van der Waals surface area contributed by atoms with Gasteiger partial charge in [-0.15, -0.1) is 0 Å². The van der Waals surface area contributed by atoms with Crippen LogP contribution >= 0.6 is 0 Å². The van der Waals surface area contributed by atoms with Gasteiger partial charge in [0.15, 0.2) is 0 Å². The molecule has 0 bridgehead atoms. The SMILES string of the molecule is CCCCCCCCCCCCNCC1CCC1. The average molecular weight is 253 g/mol. The van der Waals surface area contributed by atoms with Crippen molar-refractivity contribution in [2.45, 2.75) is 90.4 Å². The quantitative estimate of drug-likeness (QED) is 0.439. The fraction of sp³-hybridized carbons (Fsp3) is 1.00. The van der Waals surface area contributed by atoms with Crippen LogP contribution < -0.4 is 5.32 Å². The Hall–Kier alpha value is -0.0400. The van der Waals surface area contributed by atoms with E-state index in [1.165, 1.54) is 96.6 Å². The lowest BCUT2D eigenvalue weighted by Crippen LogP contribution is -2.27. The third kappa shape index (κ3) is 8.97. The Morgan fingerprint density at radius 1 is 0.778 bits per heavy atom. The van der Waals surface area contributed by atoms with Gasteiger partial charge in [0.25, 0.3) is 0 Å². The summed E-state index contributed by atoms with van der Waals surface area (Å²) in [7, 11) is 0. The molecule has 18 heavy (non-hydrogen) atoms. The Kier molecular flexibility index (Phi) is 10.7. The molecule has 0 aromatic carbocycles. The normalized spacial score (nSPS) is 15.8. The lowest BCUT2D eigenvalue weighted by molar-refractivity contribution is 0.301. The first-order valence-corrected chi connectivity index (χ1v) is 8.64. The molecule has 0 spiro atoms. The number of hydrogen-bond donors (Lipinski definition) is 1. The van der Waals surface area contributed by atoms with Crippen LogP contribution in [0.4, 0.5) is 0 Å². The molecule has 0 amide bonds. The number of rotatable bonds is 13. The molecule has 1 fully saturated rings. The highest BCUT2D eigenvalue weighted by molar-refractivity contribution is 4.71. The molecule has 0 saturated heterocycles. The third-order valence-corrected chi connectivity index (χ3v) is 4.36. The Bertz CT molecular complexity index is 163. The van der Waals surface area contributed by atoms with Gasteiger partial charge in [0.1, 0.15) is 0 Å². The number of unbranched alkanes of at least 4 members (excludes halogenated alkanes) is 9. The smallest absolute Gasteiger partial charge is 0.00205 e. The van der Waals surface area contributed by atoms with E-state index in [0.29, 0.717) is 0 Å². The van der Waals surface area contributed by atoms with Gasteiger partial charge < -0.3 is 5.32 Å². The molecule has 1 nitrogen and oxygen atoms in total. The predicted octanol–water partition coefficient (Wildman–Crippen LogP) is 5.30. The summed E-state index contributed by atoms with van der Waals surface area (Å²) in [5.41, 5.74) is 0. The zero-order chi connectivity index (χ0) is 12.9. The minimum Gasteiger partial charge on any atom is -0.316 e. The van der Waals surface area contributed by atoms with Crippen molar-refractivity contribution in [1.29, 1.82) is 0 Å². The summed E-state index contributed by atoms with van der Waals surface area (Å²) >= 11 is 0. The average Bonchev–Trinajstić information content (AvgIpc) is 2.33. The molecule has 1 aliphatic rings. The minimum atomic E-state index is 1.02. The van der Waals surface area contributed by atoms with Crippen LogP contribution in [0.1, 0.15) is 90.4 Å². The highest BCUT2D eigenvalue weighted by Gasteiger charge is 2.15. The van der Waals surface area contributed by atoms with Gasteiger partial charge in [-0.1, -0.05) is 71.1 Å². The Balaban J connectivity index is 1.63. The Morgan fingerprint density at radius 3 is 1.83 bits per heavy atom. The fourth-order valence-corrected chi connectivity index (χ4v) is 2.74. The number of hydrogen-bond acceptors (Lipinski definition) is 1. The van der Waals surface area contributed by atoms with Crippen LogP contribution in [0.25, 0.3) is 0 Å². The predicted molar refractivity (Wildman–Crippen MR) is 82.1 cm³/mol. The van der Waals surface area contributed by atoms with Gasteiger partial charge in [-0.25, -0.2) is 0 Å². The zero-order valence-corrected chi connectivity index (χ0v) is 12.7. The van der Waals surface area contributed by atoms with Gasteiger partial charge in [0.2, 0.25) is 0 Å². The van der Waals surface area contributed by atoms with Crippen LogP contribution in [0.5, 0.6) is 0 Å². The standard InChI is InChI=1S/C17H35N/c1-2-3-4-5-6-7-8-9-10-11-15-18-16-17-13-12-14-17/h17-18H,2-16H2,1H3. The summed E-state index contributed by atoms with van der Waals surface area (Å²) in [6.07, 6.45) is 18.9. The minimum absolute atomic E-state index is 1.02. The summed E-state index contributed by atoms with van der Waals surface area (Å²) in [6, 6.07) is 0. The summed E-state index contributed by atoms with van der Waals surface area (Å²) < 4.78 is 0. The van der Waals surface area contributed by atoms with E-state index in [1.807, 2.05) is 0 Å². The summed E-state index contributed by atoms with van der Waals surface area (Å²) in [5.74, 6) is 1.02. The lowest BCUT2D eigenvalue weighted by atomic mass is 9.85. The van der Waals surface area contributed by atoms with E-state index in [-0.39, 0.29) is 0 Å². The molecular formula is C17H35N. The molecule has 1 aliphatic carbocycles. The maximum atomic E-state index is 3.61. The van der Waals surface area contributed by atoms with Crippen molar-refractivity contribution in [2.24, 2.45) is 5.92 Å². The molecule has 0 aromatic rings. The molecule has 0 radical (unpaired) electrons. The van der Waals surface area contributed by atoms with Crippen LogP contribution in [0.2, 0.25) is 0 Å². The maximum Gasteiger partial charge on any atom is -0.00205 e. The Morgan fingerprint density at radius 2 is 1.33 bits per heavy atom. The van der Waals surface area contributed by atoms with Crippen LogP contribution in [0.3, 0.4) is 0 Å². The van der Waals surface area contributed by atoms with Crippen LogP contribution in [-0.2, 0) is 0 Å². The molecule has 1 rings (SSSR count). The first kappa shape index (κ1) is 16.0. The Labute approximate surface area is 115 Å². The molecule has 0 aliphatic heterocycles. The van der Waals surface area contributed by atoms with E-state index in [9.17, 15) is 0 Å². The second-order valence-corrected chi connectivity index (χ2v) is 6.18. The van der Waals surface area contributed by atoms with Crippen LogP contribution in [0.15, 0.2) is 0 Å². The molecule has 1 N–H and O–H groups in total. The summed E-state index contributed by atoms with van der Waals surface area (Å²) in [6.45, 7) is 4.84. The van der Waals surface area contributed by atoms with E-state index in [0.717, 1.165) is 5.92 Å². The van der Waals surface area contributed by atoms with Crippen LogP contribution in [-0.4, -0.2) is 13.1 Å². The van der Waals surface area contributed by atoms with Gasteiger partial charge in [-0.2, -0.15) is 0 Å². The van der Waals surface area contributed by atoms with Crippen molar-refractivity contribution in [3.8, 4) is 0 Å². The first-order chi connectivity index (χ1) is 8.93. The molecule has 108 valence electrons. The van der Waals surface area contributed by atoms with Gasteiger partial charge >= 0.3 is 0 Å². The van der Waals surface area contributed by atoms with E-state index < -0.39 is 0 Å². The van der Waals surface area contributed by atoms with Gasteiger partial charge in [0.05, 0.1) is 0 Å². The van der Waals surface area contributed by atoms with Gasteiger partial charge in [0, 0.05) is 0 Å². The van der Waals surface area contributed by atoms with E-state index >= 15 is 0 Å². The van der Waals surface area contributed by atoms with Crippen molar-refractivity contribution >= 4 is 0 Å². The van der Waals surface area contributed by atoms with E-state index in [2.05, 4.69) is 12.2 Å². The van der Waals surface area contributed by atoms with Crippen molar-refractivity contribution in [1.82, 2.24) is 5.32 Å². The molecule has 0 unspecified atom stereocenters. The largest absolute Gasteiger partial charge is 0.316 e. The second-order valence-electron chi connectivity index (χ2n) is 6.18.